The lowest BCUT2D eigenvalue weighted by atomic mass is 9.80. The van der Waals surface area contributed by atoms with Gasteiger partial charge in [-0.25, -0.2) is 29.0 Å². The fraction of sp³-hybridized carbons (Fsp3) is 0.233. The third-order valence-electron chi connectivity index (χ3n) is 11.0. The molecule has 6 heterocycles. The SMILES string of the molecule is COc1cc(N2CCOCC2)ccc1N(c1ncc2cc3ccccc3n2n1)N1C(=O)CCC(C)(C)c2ccc(Nc3ncc4cc5ccccc5n4n3)cc21. The van der Waals surface area contributed by atoms with Crippen LogP contribution in [0, 0.1) is 0 Å². The third-order valence-corrected chi connectivity index (χ3v) is 11.0. The standard InChI is InChI=1S/C43H40N10O3/c1-43(2)17-16-40(54)52(38-24-30(12-14-34(38)43)46-41-44-26-32-22-28-8-4-6-10-35(28)50(32)47-41)53(37-15-13-31(25-39(37)55-3)49-18-20-56-21-19-49)42-45-27-33-23-29-9-5-7-11-36(29)51(33)48-42/h4-15,22-27H,16-21H2,1-3H3,(H,46,47). The van der Waals surface area contributed by atoms with Crippen LogP contribution in [0.2, 0.25) is 0 Å². The molecule has 4 aromatic heterocycles. The molecule has 0 aliphatic carbocycles. The number of ether oxygens (including phenoxy) is 2. The van der Waals surface area contributed by atoms with E-state index in [0.717, 1.165) is 62.9 Å². The molecule has 1 fully saturated rings. The monoisotopic (exact) mass is 744 g/mol. The molecule has 0 spiro atoms. The Kier molecular flexibility index (Phi) is 7.99. The summed E-state index contributed by atoms with van der Waals surface area (Å²) in [6.45, 7) is 7.21. The van der Waals surface area contributed by atoms with Crippen LogP contribution in [0.3, 0.4) is 0 Å². The van der Waals surface area contributed by atoms with Gasteiger partial charge in [-0.05, 0) is 65.9 Å². The summed E-state index contributed by atoms with van der Waals surface area (Å²) in [6.07, 6.45) is 4.55. The number of aromatic nitrogens is 6. The Morgan fingerprint density at radius 3 is 2.23 bits per heavy atom. The number of amides is 1. The molecule has 0 unspecified atom stereocenters. The summed E-state index contributed by atoms with van der Waals surface area (Å²) in [5.74, 6) is 1.20. The molecule has 0 radical (unpaired) electrons. The first kappa shape index (κ1) is 33.8. The number of benzene rings is 4. The van der Waals surface area contributed by atoms with E-state index in [4.69, 9.17) is 24.7 Å². The van der Waals surface area contributed by atoms with Crippen LogP contribution < -0.4 is 25.0 Å². The van der Waals surface area contributed by atoms with Crippen molar-refractivity contribution < 1.29 is 14.3 Å². The van der Waals surface area contributed by atoms with Crippen molar-refractivity contribution in [3.63, 3.8) is 0 Å². The summed E-state index contributed by atoms with van der Waals surface area (Å²) in [7, 11) is 1.65. The molecule has 10 rings (SSSR count). The molecule has 13 heteroatoms. The van der Waals surface area contributed by atoms with Gasteiger partial charge in [0, 0.05) is 47.7 Å². The predicted octanol–water partition coefficient (Wildman–Crippen LogP) is 7.82. The molecule has 2 aliphatic rings. The van der Waals surface area contributed by atoms with E-state index in [1.54, 1.807) is 23.3 Å². The van der Waals surface area contributed by atoms with Gasteiger partial charge in [0.15, 0.2) is 0 Å². The first-order valence-electron chi connectivity index (χ1n) is 18.9. The Hall–Kier alpha value is -6.73. The molecule has 0 atom stereocenters. The van der Waals surface area contributed by atoms with Gasteiger partial charge in [0.2, 0.25) is 11.9 Å². The number of carbonyl (C=O) groups excluding carboxylic acids is 1. The lowest BCUT2D eigenvalue weighted by molar-refractivity contribution is -0.118. The minimum Gasteiger partial charge on any atom is -0.494 e. The molecule has 0 saturated carbocycles. The zero-order valence-electron chi connectivity index (χ0n) is 31.4. The fourth-order valence-corrected chi connectivity index (χ4v) is 8.04. The summed E-state index contributed by atoms with van der Waals surface area (Å²) in [5, 5.41) is 19.1. The van der Waals surface area contributed by atoms with Crippen LogP contribution in [0.1, 0.15) is 32.3 Å². The maximum absolute atomic E-state index is 14.8. The molecule has 13 nitrogen and oxygen atoms in total. The predicted molar refractivity (Wildman–Crippen MR) is 219 cm³/mol. The molecule has 1 saturated heterocycles. The first-order valence-corrected chi connectivity index (χ1v) is 18.9. The van der Waals surface area contributed by atoms with Crippen LogP contribution in [0.15, 0.2) is 109 Å². The molecule has 2 aliphatic heterocycles. The lowest BCUT2D eigenvalue weighted by Gasteiger charge is -2.37. The smallest absolute Gasteiger partial charge is 0.267 e. The molecule has 8 aromatic rings. The Bertz CT molecular complexity index is 2810. The summed E-state index contributed by atoms with van der Waals surface area (Å²) < 4.78 is 15.5. The van der Waals surface area contributed by atoms with Crippen LogP contribution in [0.4, 0.5) is 34.6 Å². The maximum atomic E-state index is 14.8. The quantitative estimate of drug-likeness (QED) is 0.173. The van der Waals surface area contributed by atoms with Crippen LogP contribution in [-0.4, -0.2) is 68.5 Å². The fourth-order valence-electron chi connectivity index (χ4n) is 8.04. The number of morpholine rings is 1. The largest absolute Gasteiger partial charge is 0.494 e. The van der Waals surface area contributed by atoms with Gasteiger partial charge in [-0.1, -0.05) is 56.3 Å². The molecule has 1 N–H and O–H groups in total. The van der Waals surface area contributed by atoms with E-state index in [2.05, 4.69) is 65.4 Å². The van der Waals surface area contributed by atoms with Gasteiger partial charge < -0.3 is 19.7 Å². The van der Waals surface area contributed by atoms with E-state index in [1.165, 1.54) is 0 Å². The number of hydrazine groups is 1. The van der Waals surface area contributed by atoms with Crippen molar-refractivity contribution in [3.05, 3.63) is 115 Å². The summed E-state index contributed by atoms with van der Waals surface area (Å²) >= 11 is 0. The second kappa shape index (κ2) is 13.2. The average molecular weight is 745 g/mol. The van der Waals surface area contributed by atoms with E-state index in [-0.39, 0.29) is 11.3 Å². The maximum Gasteiger partial charge on any atom is 0.267 e. The molecule has 4 aromatic carbocycles. The number of nitrogens with one attached hydrogen (secondary N) is 1. The minimum absolute atomic E-state index is 0.106. The van der Waals surface area contributed by atoms with Crippen molar-refractivity contribution in [1.29, 1.82) is 0 Å². The number of methoxy groups -OCH3 is 1. The van der Waals surface area contributed by atoms with Crippen LogP contribution in [0.25, 0.3) is 32.8 Å². The Morgan fingerprint density at radius 1 is 0.804 bits per heavy atom. The van der Waals surface area contributed by atoms with Crippen molar-refractivity contribution in [2.24, 2.45) is 0 Å². The van der Waals surface area contributed by atoms with Crippen LogP contribution in [-0.2, 0) is 14.9 Å². The second-order valence-electron chi connectivity index (χ2n) is 14.9. The Morgan fingerprint density at radius 2 is 1.50 bits per heavy atom. The van der Waals surface area contributed by atoms with E-state index < -0.39 is 0 Å². The number of hydrogen-bond acceptors (Lipinski definition) is 10. The van der Waals surface area contributed by atoms with Gasteiger partial charge in [-0.3, -0.25) is 4.79 Å². The molecule has 0 bridgehead atoms. The van der Waals surface area contributed by atoms with Crippen molar-refractivity contribution in [3.8, 4) is 5.75 Å². The second-order valence-corrected chi connectivity index (χ2v) is 14.9. The highest BCUT2D eigenvalue weighted by atomic mass is 16.5. The number of para-hydroxylation sites is 2. The third kappa shape index (κ3) is 5.70. The Balaban J connectivity index is 1.15. The number of nitrogens with zero attached hydrogens (tertiary/aromatic N) is 9. The van der Waals surface area contributed by atoms with E-state index >= 15 is 0 Å². The molecule has 56 heavy (non-hydrogen) atoms. The van der Waals surface area contributed by atoms with Gasteiger partial charge in [0.25, 0.3) is 5.95 Å². The summed E-state index contributed by atoms with van der Waals surface area (Å²) in [5.41, 5.74) is 7.36. The van der Waals surface area contributed by atoms with E-state index in [1.807, 2.05) is 75.9 Å². The highest BCUT2D eigenvalue weighted by Crippen LogP contribution is 2.45. The summed E-state index contributed by atoms with van der Waals surface area (Å²) in [6, 6.07) is 32.5. The van der Waals surface area contributed by atoms with E-state index in [9.17, 15) is 4.79 Å². The van der Waals surface area contributed by atoms with Gasteiger partial charge in [0.1, 0.15) is 11.4 Å². The van der Waals surface area contributed by atoms with Crippen LogP contribution in [0.5, 0.6) is 5.75 Å². The van der Waals surface area contributed by atoms with Crippen molar-refractivity contribution >= 4 is 73.4 Å². The van der Waals surface area contributed by atoms with Gasteiger partial charge >= 0.3 is 0 Å². The average Bonchev–Trinajstić information content (AvgIpc) is 3.77. The van der Waals surface area contributed by atoms with Crippen molar-refractivity contribution in [2.45, 2.75) is 32.1 Å². The zero-order valence-corrected chi connectivity index (χ0v) is 31.4. The summed E-state index contributed by atoms with van der Waals surface area (Å²) in [4.78, 5) is 26.7. The lowest BCUT2D eigenvalue weighted by Crippen LogP contribution is -2.45. The van der Waals surface area contributed by atoms with Gasteiger partial charge in [-0.15, -0.1) is 10.2 Å². The number of rotatable bonds is 7. The van der Waals surface area contributed by atoms with Crippen molar-refractivity contribution in [1.82, 2.24) is 29.2 Å². The Labute approximate surface area is 322 Å². The topological polar surface area (TPSA) is 118 Å². The van der Waals surface area contributed by atoms with Crippen LogP contribution >= 0.6 is 0 Å². The number of anilines is 6. The molecule has 1 amide bonds. The molecule has 280 valence electrons. The highest BCUT2D eigenvalue weighted by molar-refractivity contribution is 6.01. The zero-order chi connectivity index (χ0) is 38.0. The highest BCUT2D eigenvalue weighted by Gasteiger charge is 2.39. The first-order chi connectivity index (χ1) is 27.3. The van der Waals surface area contributed by atoms with Gasteiger partial charge in [-0.2, -0.15) is 0 Å². The van der Waals surface area contributed by atoms with E-state index in [0.29, 0.717) is 55.1 Å². The number of carbonyl (C=O) groups is 1. The number of hydrogen-bond donors (Lipinski definition) is 1. The number of fused-ring (bicyclic) bond motifs is 7. The minimum atomic E-state index is -0.338. The molecular weight excluding hydrogens is 705 g/mol. The normalized spacial score (nSPS) is 15.7. The molecular formula is C43H40N10O3. The van der Waals surface area contributed by atoms with Crippen molar-refractivity contribution in [2.75, 3.05) is 53.6 Å². The van der Waals surface area contributed by atoms with Gasteiger partial charge in [0.05, 0.1) is 60.5 Å².